The van der Waals surface area contributed by atoms with Crippen LogP contribution in [-0.4, -0.2) is 20.4 Å². The number of aryl methyl sites for hydroxylation is 1. The van der Waals surface area contributed by atoms with Crippen LogP contribution in [0.1, 0.15) is 26.3 Å². The van der Waals surface area contributed by atoms with Crippen molar-refractivity contribution in [2.45, 2.75) is 37.4 Å². The Hall–Kier alpha value is -1.70. The van der Waals surface area contributed by atoms with Gasteiger partial charge >= 0.3 is 0 Å². The average molecular weight is 367 g/mol. The molecule has 24 heavy (non-hydrogen) atoms. The van der Waals surface area contributed by atoms with E-state index in [-0.39, 0.29) is 16.0 Å². The number of hydrogen-bond acceptors (Lipinski definition) is 4. The van der Waals surface area contributed by atoms with Crippen LogP contribution in [0.3, 0.4) is 0 Å². The summed E-state index contributed by atoms with van der Waals surface area (Å²) < 4.78 is 27.5. The predicted octanol–water partition coefficient (Wildman–Crippen LogP) is 3.25. The lowest BCUT2D eigenvalue weighted by Gasteiger charge is -2.22. The first-order valence-corrected chi connectivity index (χ1v) is 10.2. The molecular formula is C17H22N2O3S2. The van der Waals surface area contributed by atoms with Crippen LogP contribution in [0.2, 0.25) is 0 Å². The summed E-state index contributed by atoms with van der Waals surface area (Å²) >= 11 is 1.12. The van der Waals surface area contributed by atoms with E-state index in [1.807, 2.05) is 45.0 Å². The lowest BCUT2D eigenvalue weighted by molar-refractivity contribution is -0.118. The number of rotatable bonds is 7. The van der Waals surface area contributed by atoms with Crippen LogP contribution >= 0.6 is 11.3 Å². The zero-order chi connectivity index (χ0) is 17.7. The third-order valence-electron chi connectivity index (χ3n) is 3.65. The average Bonchev–Trinajstić information content (AvgIpc) is 3.08. The van der Waals surface area contributed by atoms with Gasteiger partial charge in [0.1, 0.15) is 10.3 Å². The number of para-hydroxylation sites is 1. The Labute approximate surface area is 147 Å². The molecule has 0 radical (unpaired) electrons. The van der Waals surface area contributed by atoms with Crippen LogP contribution in [-0.2, 0) is 21.2 Å². The maximum atomic E-state index is 12.6. The van der Waals surface area contributed by atoms with Crippen LogP contribution in [0.5, 0.6) is 0 Å². The van der Waals surface area contributed by atoms with E-state index in [0.29, 0.717) is 5.69 Å². The third kappa shape index (κ3) is 4.43. The molecule has 1 amide bonds. The first-order chi connectivity index (χ1) is 11.3. The SMILES string of the molecule is CCc1ccccc1NC(=O)[C@H](NS(=O)(=O)c1cccs1)C(C)C. The van der Waals surface area contributed by atoms with Crippen molar-refractivity contribution in [1.29, 1.82) is 0 Å². The Bertz CT molecular complexity index is 784. The van der Waals surface area contributed by atoms with Crippen LogP contribution in [0.4, 0.5) is 5.69 Å². The van der Waals surface area contributed by atoms with Crippen molar-refractivity contribution in [3.05, 3.63) is 47.3 Å². The molecule has 0 saturated carbocycles. The van der Waals surface area contributed by atoms with Gasteiger partial charge in [0.2, 0.25) is 5.91 Å². The van der Waals surface area contributed by atoms with E-state index in [9.17, 15) is 13.2 Å². The predicted molar refractivity (Wildman–Crippen MR) is 97.7 cm³/mol. The van der Waals surface area contributed by atoms with E-state index in [0.717, 1.165) is 23.3 Å². The lowest BCUT2D eigenvalue weighted by Crippen LogP contribution is -2.46. The van der Waals surface area contributed by atoms with Gasteiger partial charge in [0.05, 0.1) is 0 Å². The molecule has 0 unspecified atom stereocenters. The fourth-order valence-corrected chi connectivity index (χ4v) is 4.65. The first kappa shape index (κ1) is 18.6. The molecule has 1 aromatic heterocycles. The summed E-state index contributed by atoms with van der Waals surface area (Å²) in [5, 5.41) is 4.54. The Balaban J connectivity index is 2.20. The smallest absolute Gasteiger partial charge is 0.250 e. The van der Waals surface area contributed by atoms with Gasteiger partial charge in [0.25, 0.3) is 10.0 Å². The second kappa shape index (κ2) is 7.92. The van der Waals surface area contributed by atoms with E-state index in [1.165, 1.54) is 6.07 Å². The monoisotopic (exact) mass is 366 g/mol. The molecule has 0 aliphatic heterocycles. The molecule has 0 saturated heterocycles. The molecule has 7 heteroatoms. The van der Waals surface area contributed by atoms with Gasteiger partial charge in [-0.3, -0.25) is 4.79 Å². The molecule has 1 atom stereocenters. The molecule has 0 aliphatic carbocycles. The van der Waals surface area contributed by atoms with E-state index in [1.54, 1.807) is 11.4 Å². The van der Waals surface area contributed by atoms with Gasteiger partial charge < -0.3 is 5.32 Å². The summed E-state index contributed by atoms with van der Waals surface area (Å²) in [5.74, 6) is -0.542. The van der Waals surface area contributed by atoms with Crippen molar-refractivity contribution in [3.63, 3.8) is 0 Å². The number of benzene rings is 1. The summed E-state index contributed by atoms with van der Waals surface area (Å²) in [4.78, 5) is 12.6. The molecule has 130 valence electrons. The third-order valence-corrected chi connectivity index (χ3v) is 6.49. The number of carbonyl (C=O) groups excluding carboxylic acids is 1. The van der Waals surface area contributed by atoms with Gasteiger partial charge in [-0.2, -0.15) is 4.72 Å². The molecule has 2 rings (SSSR count). The molecular weight excluding hydrogens is 344 g/mol. The number of thiophene rings is 1. The van der Waals surface area contributed by atoms with Crippen molar-refractivity contribution < 1.29 is 13.2 Å². The fourth-order valence-electron chi connectivity index (χ4n) is 2.30. The standard InChI is InChI=1S/C17H22N2O3S2/c1-4-13-8-5-6-9-14(13)18-17(20)16(12(2)3)19-24(21,22)15-10-7-11-23-15/h5-12,16,19H,4H2,1-3H3,(H,18,20)/t16-/m1/s1. The molecule has 0 aliphatic rings. The minimum atomic E-state index is -3.71. The fraction of sp³-hybridized carbons (Fsp3) is 0.353. The largest absolute Gasteiger partial charge is 0.324 e. The summed E-state index contributed by atoms with van der Waals surface area (Å²) in [6.07, 6.45) is 0.781. The van der Waals surface area contributed by atoms with Crippen LogP contribution in [0, 0.1) is 5.92 Å². The van der Waals surface area contributed by atoms with Gasteiger partial charge in [-0.05, 0) is 35.4 Å². The summed E-state index contributed by atoms with van der Waals surface area (Å²) in [6, 6.07) is 9.86. The number of nitrogens with one attached hydrogen (secondary N) is 2. The molecule has 1 heterocycles. The number of amides is 1. The van der Waals surface area contributed by atoms with Gasteiger partial charge in [0.15, 0.2) is 0 Å². The van der Waals surface area contributed by atoms with E-state index in [2.05, 4.69) is 10.0 Å². The topological polar surface area (TPSA) is 75.3 Å². The van der Waals surface area contributed by atoms with E-state index >= 15 is 0 Å². The highest BCUT2D eigenvalue weighted by molar-refractivity contribution is 7.91. The highest BCUT2D eigenvalue weighted by Gasteiger charge is 2.29. The van der Waals surface area contributed by atoms with Gasteiger partial charge in [-0.25, -0.2) is 8.42 Å². The second-order valence-corrected chi connectivity index (χ2v) is 8.66. The molecule has 2 aromatic rings. The lowest BCUT2D eigenvalue weighted by atomic mass is 10.0. The Morgan fingerprint density at radius 2 is 1.88 bits per heavy atom. The van der Waals surface area contributed by atoms with Crippen molar-refractivity contribution in [1.82, 2.24) is 4.72 Å². The molecule has 1 aromatic carbocycles. The van der Waals surface area contributed by atoms with Gasteiger partial charge in [0, 0.05) is 5.69 Å². The van der Waals surface area contributed by atoms with Crippen molar-refractivity contribution in [2.75, 3.05) is 5.32 Å². The summed E-state index contributed by atoms with van der Waals surface area (Å²) in [7, 11) is -3.71. The zero-order valence-electron chi connectivity index (χ0n) is 13.9. The maximum absolute atomic E-state index is 12.6. The van der Waals surface area contributed by atoms with Crippen LogP contribution < -0.4 is 10.0 Å². The number of carbonyl (C=O) groups is 1. The second-order valence-electron chi connectivity index (χ2n) is 5.78. The maximum Gasteiger partial charge on any atom is 0.250 e. The number of sulfonamides is 1. The molecule has 5 nitrogen and oxygen atoms in total. The Kier molecular flexibility index (Phi) is 6.15. The van der Waals surface area contributed by atoms with Crippen LogP contribution in [0.25, 0.3) is 0 Å². The normalized spacial score (nSPS) is 13.0. The van der Waals surface area contributed by atoms with Crippen LogP contribution in [0.15, 0.2) is 46.0 Å². The minimum absolute atomic E-state index is 0.187. The molecule has 0 fully saturated rings. The zero-order valence-corrected chi connectivity index (χ0v) is 15.6. The Morgan fingerprint density at radius 3 is 2.46 bits per heavy atom. The highest BCUT2D eigenvalue weighted by atomic mass is 32.2. The number of hydrogen-bond donors (Lipinski definition) is 2. The molecule has 0 spiro atoms. The Morgan fingerprint density at radius 1 is 1.17 bits per heavy atom. The van der Waals surface area contributed by atoms with E-state index < -0.39 is 16.1 Å². The first-order valence-electron chi connectivity index (χ1n) is 7.79. The number of anilines is 1. The molecule has 2 N–H and O–H groups in total. The van der Waals surface area contributed by atoms with E-state index in [4.69, 9.17) is 0 Å². The van der Waals surface area contributed by atoms with Gasteiger partial charge in [-0.1, -0.05) is 45.0 Å². The quantitative estimate of drug-likeness (QED) is 0.790. The summed E-state index contributed by atoms with van der Waals surface area (Å²) in [5.41, 5.74) is 1.72. The van der Waals surface area contributed by atoms with Crippen molar-refractivity contribution in [2.24, 2.45) is 5.92 Å². The van der Waals surface area contributed by atoms with Crippen molar-refractivity contribution >= 4 is 33.0 Å². The highest BCUT2D eigenvalue weighted by Crippen LogP contribution is 2.19. The minimum Gasteiger partial charge on any atom is -0.324 e. The summed E-state index contributed by atoms with van der Waals surface area (Å²) in [6.45, 7) is 5.63. The van der Waals surface area contributed by atoms with Crippen molar-refractivity contribution in [3.8, 4) is 0 Å². The van der Waals surface area contributed by atoms with Gasteiger partial charge in [-0.15, -0.1) is 11.3 Å². The molecule has 0 bridgehead atoms.